The number of thiazole rings is 1. The van der Waals surface area contributed by atoms with Crippen molar-refractivity contribution in [1.29, 1.82) is 0 Å². The number of nitrogens with zero attached hydrogens (tertiary/aromatic N) is 1. The van der Waals surface area contributed by atoms with Gasteiger partial charge in [0.2, 0.25) is 0 Å². The van der Waals surface area contributed by atoms with Crippen LogP contribution in [0, 0.1) is 0 Å². The molecule has 4 heteroatoms. The summed E-state index contributed by atoms with van der Waals surface area (Å²) >= 11 is 1.67. The first kappa shape index (κ1) is 9.12. The second-order valence-corrected chi connectivity index (χ2v) is 5.62. The van der Waals surface area contributed by atoms with Gasteiger partial charge in [-0.25, -0.2) is 4.98 Å². The van der Waals surface area contributed by atoms with Crippen LogP contribution in [0.2, 0.25) is 0 Å². The fourth-order valence-corrected chi connectivity index (χ4v) is 3.66. The predicted molar refractivity (Wildman–Crippen MR) is 60.3 cm³/mol. The van der Waals surface area contributed by atoms with Crippen molar-refractivity contribution in [2.45, 2.75) is 9.24 Å². The normalized spacial score (nSPS) is 10.2. The maximum Gasteiger partial charge on any atom is 0.160 e. The summed E-state index contributed by atoms with van der Waals surface area (Å²) in [5, 5.41) is 1.99. The summed E-state index contributed by atoms with van der Waals surface area (Å²) < 4.78 is 1.11. The molecule has 0 aliphatic heterocycles. The van der Waals surface area contributed by atoms with Gasteiger partial charge in [0.1, 0.15) is 0 Å². The fourth-order valence-electron chi connectivity index (χ4n) is 0.811. The highest BCUT2D eigenvalue weighted by Crippen LogP contribution is 2.37. The molecule has 0 saturated heterocycles. The molecule has 0 radical (unpaired) electrons. The predicted octanol–water partition coefficient (Wildman–Crippen LogP) is 3.94. The van der Waals surface area contributed by atoms with E-state index < -0.39 is 0 Å². The lowest BCUT2D eigenvalue weighted by atomic mass is 10.4. The van der Waals surface area contributed by atoms with Crippen molar-refractivity contribution in [3.8, 4) is 0 Å². The third kappa shape index (κ3) is 2.76. The molecule has 0 saturated carbocycles. The molecule has 2 aromatic rings. The summed E-state index contributed by atoms with van der Waals surface area (Å²) in [7, 11) is 3.45. The average molecular weight is 225 g/mol. The van der Waals surface area contributed by atoms with Gasteiger partial charge in [0.25, 0.3) is 0 Å². The summed E-state index contributed by atoms with van der Waals surface area (Å²) in [5.74, 6) is 0. The maximum atomic E-state index is 4.19. The van der Waals surface area contributed by atoms with Crippen LogP contribution in [-0.2, 0) is 0 Å². The SMILES string of the molecule is c1ccc(SSc2nccs2)cc1. The molecule has 0 atom stereocenters. The van der Waals surface area contributed by atoms with Crippen molar-refractivity contribution in [3.05, 3.63) is 41.9 Å². The Morgan fingerprint density at radius 3 is 2.62 bits per heavy atom. The van der Waals surface area contributed by atoms with E-state index in [2.05, 4.69) is 17.1 Å². The van der Waals surface area contributed by atoms with E-state index in [9.17, 15) is 0 Å². The van der Waals surface area contributed by atoms with Crippen LogP contribution in [0.15, 0.2) is 51.1 Å². The number of hydrogen-bond donors (Lipinski definition) is 0. The summed E-state index contributed by atoms with van der Waals surface area (Å²) in [6.07, 6.45) is 1.83. The Morgan fingerprint density at radius 2 is 1.92 bits per heavy atom. The molecule has 13 heavy (non-hydrogen) atoms. The molecule has 0 aliphatic rings. The summed E-state index contributed by atoms with van der Waals surface area (Å²) in [4.78, 5) is 5.46. The highest BCUT2D eigenvalue weighted by molar-refractivity contribution is 8.77. The zero-order valence-electron chi connectivity index (χ0n) is 6.71. The van der Waals surface area contributed by atoms with Gasteiger partial charge in [0.05, 0.1) is 0 Å². The van der Waals surface area contributed by atoms with E-state index >= 15 is 0 Å². The van der Waals surface area contributed by atoms with Crippen LogP contribution in [0.1, 0.15) is 0 Å². The molecule has 0 N–H and O–H groups in total. The molecule has 1 nitrogen and oxygen atoms in total. The molecule has 1 aromatic carbocycles. The van der Waals surface area contributed by atoms with E-state index in [-0.39, 0.29) is 0 Å². The first-order valence-corrected chi connectivity index (χ1v) is 6.77. The van der Waals surface area contributed by atoms with Gasteiger partial charge >= 0.3 is 0 Å². The van der Waals surface area contributed by atoms with Crippen molar-refractivity contribution in [3.63, 3.8) is 0 Å². The molecular formula is C9H7NS3. The molecule has 0 unspecified atom stereocenters. The Bertz CT molecular complexity index is 344. The van der Waals surface area contributed by atoms with Gasteiger partial charge in [0.15, 0.2) is 4.34 Å². The molecule has 0 spiro atoms. The molecule has 1 aromatic heterocycles. The summed E-state index contributed by atoms with van der Waals surface area (Å²) in [6.45, 7) is 0. The van der Waals surface area contributed by atoms with Crippen molar-refractivity contribution >= 4 is 32.9 Å². The van der Waals surface area contributed by atoms with Crippen molar-refractivity contribution in [1.82, 2.24) is 4.98 Å². The topological polar surface area (TPSA) is 12.9 Å². The molecule has 1 heterocycles. The van der Waals surface area contributed by atoms with Gasteiger partial charge in [0, 0.05) is 16.5 Å². The third-order valence-corrected chi connectivity index (χ3v) is 4.88. The van der Waals surface area contributed by atoms with Gasteiger partial charge in [-0.3, -0.25) is 0 Å². The lowest BCUT2D eigenvalue weighted by Gasteiger charge is -1.95. The zero-order chi connectivity index (χ0) is 8.93. The fraction of sp³-hybridized carbons (Fsp3) is 0. The average Bonchev–Trinajstić information content (AvgIpc) is 2.69. The van der Waals surface area contributed by atoms with Crippen molar-refractivity contribution < 1.29 is 0 Å². The van der Waals surface area contributed by atoms with Gasteiger partial charge < -0.3 is 0 Å². The minimum atomic E-state index is 1.11. The Hall–Kier alpha value is -0.450. The second-order valence-electron chi connectivity index (χ2n) is 2.28. The molecule has 0 amide bonds. The molecule has 0 aliphatic carbocycles. The Kier molecular flexibility index (Phi) is 3.29. The van der Waals surface area contributed by atoms with Crippen LogP contribution in [0.4, 0.5) is 0 Å². The van der Waals surface area contributed by atoms with Crippen LogP contribution in [0.25, 0.3) is 0 Å². The minimum absolute atomic E-state index is 1.11. The number of hydrogen-bond acceptors (Lipinski definition) is 4. The monoisotopic (exact) mass is 225 g/mol. The van der Waals surface area contributed by atoms with Crippen molar-refractivity contribution in [2.24, 2.45) is 0 Å². The molecular weight excluding hydrogens is 218 g/mol. The summed E-state index contributed by atoms with van der Waals surface area (Å²) in [6, 6.07) is 10.3. The first-order valence-electron chi connectivity index (χ1n) is 3.74. The largest absolute Gasteiger partial charge is 0.237 e. The lowest BCUT2D eigenvalue weighted by Crippen LogP contribution is -1.65. The first-order chi connectivity index (χ1) is 6.45. The highest BCUT2D eigenvalue weighted by atomic mass is 33.1. The lowest BCUT2D eigenvalue weighted by molar-refractivity contribution is 1.26. The van der Waals surface area contributed by atoms with E-state index in [4.69, 9.17) is 0 Å². The van der Waals surface area contributed by atoms with E-state index in [0.717, 1.165) is 4.34 Å². The van der Waals surface area contributed by atoms with Crippen LogP contribution in [-0.4, -0.2) is 4.98 Å². The second kappa shape index (κ2) is 4.69. The molecule has 66 valence electrons. The van der Waals surface area contributed by atoms with Crippen LogP contribution >= 0.6 is 32.9 Å². The van der Waals surface area contributed by atoms with E-state index in [0.29, 0.717) is 0 Å². The van der Waals surface area contributed by atoms with Crippen molar-refractivity contribution in [2.75, 3.05) is 0 Å². The van der Waals surface area contributed by atoms with Gasteiger partial charge in [-0.05, 0) is 22.9 Å². The van der Waals surface area contributed by atoms with Gasteiger partial charge in [-0.2, -0.15) is 0 Å². The maximum absolute atomic E-state index is 4.19. The molecule has 0 fully saturated rings. The Labute approximate surface area is 89.0 Å². The highest BCUT2D eigenvalue weighted by Gasteiger charge is 1.97. The summed E-state index contributed by atoms with van der Waals surface area (Å²) in [5.41, 5.74) is 0. The number of benzene rings is 1. The standard InChI is InChI=1S/C9H7NS3/c1-2-4-8(5-3-1)12-13-9-10-6-7-11-9/h1-7H. The Morgan fingerprint density at radius 1 is 1.08 bits per heavy atom. The van der Waals surface area contributed by atoms with Gasteiger partial charge in [-0.1, -0.05) is 29.0 Å². The van der Waals surface area contributed by atoms with E-state index in [1.165, 1.54) is 4.90 Å². The molecule has 0 bridgehead atoms. The van der Waals surface area contributed by atoms with Gasteiger partial charge in [-0.15, -0.1) is 11.3 Å². The third-order valence-electron chi connectivity index (χ3n) is 1.36. The van der Waals surface area contributed by atoms with E-state index in [1.807, 2.05) is 29.8 Å². The number of aromatic nitrogens is 1. The number of rotatable bonds is 3. The van der Waals surface area contributed by atoms with Crippen LogP contribution < -0.4 is 0 Å². The quantitative estimate of drug-likeness (QED) is 0.734. The zero-order valence-corrected chi connectivity index (χ0v) is 9.16. The van der Waals surface area contributed by atoms with E-state index in [1.54, 1.807) is 32.9 Å². The Balaban J connectivity index is 1.94. The molecule has 2 rings (SSSR count). The smallest absolute Gasteiger partial charge is 0.160 e. The van der Waals surface area contributed by atoms with Crippen LogP contribution in [0.3, 0.4) is 0 Å². The van der Waals surface area contributed by atoms with Crippen LogP contribution in [0.5, 0.6) is 0 Å². The minimum Gasteiger partial charge on any atom is -0.237 e.